The molecule has 5 nitrogen and oxygen atoms in total. The first-order valence-corrected chi connectivity index (χ1v) is 7.10. The zero-order chi connectivity index (χ0) is 15.9. The van der Waals surface area contributed by atoms with Gasteiger partial charge in [0.25, 0.3) is 0 Å². The lowest BCUT2D eigenvalue weighted by atomic mass is 10.1. The molecule has 22 heavy (non-hydrogen) atoms. The second-order valence-corrected chi connectivity index (χ2v) is 4.63. The lowest BCUT2D eigenvalue weighted by molar-refractivity contribution is 1.11. The van der Waals surface area contributed by atoms with Crippen LogP contribution >= 0.6 is 0 Å². The molecule has 2 N–H and O–H groups in total. The highest BCUT2D eigenvalue weighted by molar-refractivity contribution is 5.64. The van der Waals surface area contributed by atoms with Crippen LogP contribution < -0.4 is 10.6 Å². The third kappa shape index (κ3) is 3.44. The third-order valence-electron chi connectivity index (χ3n) is 3.05. The molecule has 0 aliphatic heterocycles. The summed E-state index contributed by atoms with van der Waals surface area (Å²) >= 11 is 0. The fourth-order valence-corrected chi connectivity index (χ4v) is 1.96. The average Bonchev–Trinajstić information content (AvgIpc) is 2.98. The van der Waals surface area contributed by atoms with E-state index in [0.717, 1.165) is 22.8 Å². The molecule has 5 heteroatoms. The standard InChI is InChI=1S/C14H15N5.C3H6/c1-15-11-5-3-10(4-6-11)12-9-19-8-7-13(16-2)18-14(19)17-12;1-3-2/h3-9,15H,1-2H3,(H,16,17,18);3H,1H2,2H3. The number of nitrogens with zero attached hydrogens (tertiary/aromatic N) is 3. The lowest BCUT2D eigenvalue weighted by Crippen LogP contribution is -1.94. The van der Waals surface area contributed by atoms with Crippen molar-refractivity contribution in [1.29, 1.82) is 0 Å². The highest BCUT2D eigenvalue weighted by atomic mass is 15.1. The molecule has 1 aromatic carbocycles. The predicted octanol–water partition coefficient (Wildman–Crippen LogP) is 3.67. The topological polar surface area (TPSA) is 54.2 Å². The summed E-state index contributed by atoms with van der Waals surface area (Å²) < 4.78 is 1.92. The van der Waals surface area contributed by atoms with Gasteiger partial charge in [-0.1, -0.05) is 18.2 Å². The van der Waals surface area contributed by atoms with Gasteiger partial charge in [-0.3, -0.25) is 4.40 Å². The highest BCUT2D eigenvalue weighted by Gasteiger charge is 2.05. The Labute approximate surface area is 130 Å². The maximum atomic E-state index is 4.54. The Morgan fingerprint density at radius 3 is 2.32 bits per heavy atom. The minimum atomic E-state index is 0.694. The fraction of sp³-hybridized carbons (Fsp3) is 0.176. The van der Waals surface area contributed by atoms with Gasteiger partial charge in [0.05, 0.1) is 5.69 Å². The van der Waals surface area contributed by atoms with Crippen molar-refractivity contribution in [3.63, 3.8) is 0 Å². The zero-order valence-corrected chi connectivity index (χ0v) is 13.2. The molecule has 0 bridgehead atoms. The van der Waals surface area contributed by atoms with E-state index < -0.39 is 0 Å². The van der Waals surface area contributed by atoms with Crippen molar-refractivity contribution in [1.82, 2.24) is 14.4 Å². The van der Waals surface area contributed by atoms with Gasteiger partial charge in [0.15, 0.2) is 0 Å². The normalized spacial score (nSPS) is 9.77. The van der Waals surface area contributed by atoms with E-state index in [4.69, 9.17) is 0 Å². The van der Waals surface area contributed by atoms with Crippen LogP contribution in [0.15, 0.2) is 55.4 Å². The summed E-state index contributed by atoms with van der Waals surface area (Å²) in [6.07, 6.45) is 5.68. The average molecular weight is 295 g/mol. The summed E-state index contributed by atoms with van der Waals surface area (Å²) in [4.78, 5) is 8.94. The number of benzene rings is 1. The molecule has 0 aliphatic carbocycles. The summed E-state index contributed by atoms with van der Waals surface area (Å²) in [7, 11) is 3.75. The molecule has 0 saturated heterocycles. The quantitative estimate of drug-likeness (QED) is 0.724. The van der Waals surface area contributed by atoms with Gasteiger partial charge in [0.1, 0.15) is 5.82 Å². The van der Waals surface area contributed by atoms with Gasteiger partial charge >= 0.3 is 0 Å². The molecule has 0 amide bonds. The minimum absolute atomic E-state index is 0.694. The van der Waals surface area contributed by atoms with Gasteiger partial charge in [-0.05, 0) is 25.1 Å². The summed E-state index contributed by atoms with van der Waals surface area (Å²) in [5, 5.41) is 6.11. The zero-order valence-electron chi connectivity index (χ0n) is 13.2. The van der Waals surface area contributed by atoms with Crippen molar-refractivity contribution in [2.75, 3.05) is 24.7 Å². The van der Waals surface area contributed by atoms with Crippen molar-refractivity contribution in [2.24, 2.45) is 0 Å². The van der Waals surface area contributed by atoms with Crippen molar-refractivity contribution in [3.8, 4) is 11.3 Å². The molecule has 0 atom stereocenters. The van der Waals surface area contributed by atoms with E-state index >= 15 is 0 Å². The second kappa shape index (κ2) is 7.26. The van der Waals surface area contributed by atoms with Crippen molar-refractivity contribution < 1.29 is 0 Å². The van der Waals surface area contributed by atoms with Crippen LogP contribution in [0.5, 0.6) is 0 Å². The molecule has 2 aromatic heterocycles. The maximum absolute atomic E-state index is 4.54. The molecule has 3 rings (SSSR count). The van der Waals surface area contributed by atoms with E-state index in [0.29, 0.717) is 5.78 Å². The SMILES string of the molecule is C=CC.CNc1ccc(-c2cn3ccc(NC)nc3n2)cc1. The molecule has 2 heterocycles. The van der Waals surface area contributed by atoms with Crippen LogP contribution in [-0.4, -0.2) is 28.5 Å². The Hall–Kier alpha value is -2.82. The highest BCUT2D eigenvalue weighted by Crippen LogP contribution is 2.21. The Bertz CT molecular complexity index is 743. The van der Waals surface area contributed by atoms with E-state index in [-0.39, 0.29) is 0 Å². The minimum Gasteiger partial charge on any atom is -0.388 e. The lowest BCUT2D eigenvalue weighted by Gasteiger charge is -2.00. The predicted molar refractivity (Wildman–Crippen MR) is 93.4 cm³/mol. The van der Waals surface area contributed by atoms with Gasteiger partial charge in [-0.25, -0.2) is 4.98 Å². The number of anilines is 2. The van der Waals surface area contributed by atoms with E-state index in [1.54, 1.807) is 6.08 Å². The summed E-state index contributed by atoms with van der Waals surface area (Å²) in [5.74, 6) is 1.51. The number of fused-ring (bicyclic) bond motifs is 1. The van der Waals surface area contributed by atoms with E-state index in [1.165, 1.54) is 0 Å². The molecule has 0 aliphatic rings. The number of rotatable bonds is 3. The van der Waals surface area contributed by atoms with Gasteiger partial charge in [0, 0.05) is 37.7 Å². The van der Waals surface area contributed by atoms with Crippen molar-refractivity contribution in [2.45, 2.75) is 6.92 Å². The number of hydrogen-bond acceptors (Lipinski definition) is 4. The number of nitrogens with one attached hydrogen (secondary N) is 2. The largest absolute Gasteiger partial charge is 0.388 e. The molecule has 0 spiro atoms. The number of hydrogen-bond donors (Lipinski definition) is 2. The van der Waals surface area contributed by atoms with E-state index in [2.05, 4.69) is 27.2 Å². The van der Waals surface area contributed by atoms with Crippen LogP contribution in [0.4, 0.5) is 11.5 Å². The molecule has 0 saturated carbocycles. The molecule has 0 radical (unpaired) electrons. The molecule has 0 unspecified atom stereocenters. The van der Waals surface area contributed by atoms with Crippen LogP contribution in [-0.2, 0) is 0 Å². The molecule has 0 fully saturated rings. The molecular weight excluding hydrogens is 274 g/mol. The number of imidazole rings is 1. The molecule has 3 aromatic rings. The summed E-state index contributed by atoms with van der Waals surface area (Å²) in [6, 6.07) is 10.1. The van der Waals surface area contributed by atoms with Gasteiger partial charge < -0.3 is 10.6 Å². The first kappa shape index (κ1) is 15.6. The van der Waals surface area contributed by atoms with Crippen molar-refractivity contribution >= 4 is 17.3 Å². The Kier molecular flexibility index (Phi) is 5.14. The van der Waals surface area contributed by atoms with Crippen LogP contribution in [0, 0.1) is 0 Å². The summed E-state index contributed by atoms with van der Waals surface area (Å²) in [6.45, 7) is 5.25. The van der Waals surface area contributed by atoms with E-state index in [9.17, 15) is 0 Å². The second-order valence-electron chi connectivity index (χ2n) is 4.63. The van der Waals surface area contributed by atoms with Gasteiger partial charge in [-0.2, -0.15) is 4.98 Å². The summed E-state index contributed by atoms with van der Waals surface area (Å²) in [5.41, 5.74) is 3.09. The van der Waals surface area contributed by atoms with Gasteiger partial charge in [0.2, 0.25) is 5.78 Å². The Morgan fingerprint density at radius 2 is 1.73 bits per heavy atom. The van der Waals surface area contributed by atoms with Crippen LogP contribution in [0.1, 0.15) is 6.92 Å². The fourth-order valence-electron chi connectivity index (χ4n) is 1.96. The van der Waals surface area contributed by atoms with Crippen LogP contribution in [0.25, 0.3) is 17.0 Å². The van der Waals surface area contributed by atoms with E-state index in [1.807, 2.05) is 68.1 Å². The Balaban J connectivity index is 0.000000545. The monoisotopic (exact) mass is 295 g/mol. The smallest absolute Gasteiger partial charge is 0.236 e. The first-order valence-electron chi connectivity index (χ1n) is 7.10. The maximum Gasteiger partial charge on any atom is 0.236 e. The number of allylic oxidation sites excluding steroid dienone is 1. The molecule has 114 valence electrons. The number of aromatic nitrogens is 3. The first-order chi connectivity index (χ1) is 10.7. The van der Waals surface area contributed by atoms with Crippen LogP contribution in [0.3, 0.4) is 0 Å². The Morgan fingerprint density at radius 1 is 1.05 bits per heavy atom. The van der Waals surface area contributed by atoms with Crippen molar-refractivity contribution in [3.05, 3.63) is 55.4 Å². The van der Waals surface area contributed by atoms with Crippen LogP contribution in [0.2, 0.25) is 0 Å². The van der Waals surface area contributed by atoms with Gasteiger partial charge in [-0.15, -0.1) is 6.58 Å². The third-order valence-corrected chi connectivity index (χ3v) is 3.05. The molecular formula is C17H21N5.